The van der Waals surface area contributed by atoms with E-state index in [9.17, 15) is 5.11 Å². The van der Waals surface area contributed by atoms with Crippen molar-refractivity contribution in [3.63, 3.8) is 0 Å². The van der Waals surface area contributed by atoms with Gasteiger partial charge in [-0.15, -0.1) is 0 Å². The van der Waals surface area contributed by atoms with Gasteiger partial charge in [0.25, 0.3) is 0 Å². The van der Waals surface area contributed by atoms with Crippen LogP contribution in [0.5, 0.6) is 5.75 Å². The molecular weight excluding hydrogens is 216 g/mol. The molecule has 1 aromatic carbocycles. The Morgan fingerprint density at radius 2 is 2.00 bits per heavy atom. The van der Waals surface area contributed by atoms with Crippen LogP contribution < -0.4 is 15.8 Å². The van der Waals surface area contributed by atoms with Crippen molar-refractivity contribution in [3.8, 4) is 5.75 Å². The number of aliphatic hydroxyl groups is 1. The van der Waals surface area contributed by atoms with Gasteiger partial charge in [0.2, 0.25) is 0 Å². The van der Waals surface area contributed by atoms with E-state index in [4.69, 9.17) is 10.5 Å². The molecule has 0 heterocycles. The molecule has 0 bridgehead atoms. The Balaban J connectivity index is 3.16. The molecule has 0 aliphatic carbocycles. The van der Waals surface area contributed by atoms with E-state index in [2.05, 4.69) is 5.32 Å². The van der Waals surface area contributed by atoms with Crippen LogP contribution in [0.1, 0.15) is 22.7 Å². The van der Waals surface area contributed by atoms with Crippen LogP contribution in [0.15, 0.2) is 12.1 Å². The maximum absolute atomic E-state index is 9.89. The zero-order chi connectivity index (χ0) is 13.0. The lowest BCUT2D eigenvalue weighted by molar-refractivity contribution is 0.139. The first-order chi connectivity index (χ1) is 8.04. The second-order valence-electron chi connectivity index (χ2n) is 4.25. The van der Waals surface area contributed by atoms with E-state index in [0.29, 0.717) is 0 Å². The summed E-state index contributed by atoms with van der Waals surface area (Å²) in [5.74, 6) is 0.864. The highest BCUT2D eigenvalue weighted by molar-refractivity contribution is 5.43. The number of methoxy groups -OCH3 is 1. The van der Waals surface area contributed by atoms with Crippen molar-refractivity contribution in [3.05, 3.63) is 28.8 Å². The quantitative estimate of drug-likeness (QED) is 0.713. The predicted molar refractivity (Wildman–Crippen MR) is 69.3 cm³/mol. The molecule has 0 radical (unpaired) electrons. The van der Waals surface area contributed by atoms with Crippen molar-refractivity contribution in [1.29, 1.82) is 0 Å². The maximum atomic E-state index is 9.89. The van der Waals surface area contributed by atoms with Gasteiger partial charge in [0, 0.05) is 6.54 Å². The highest BCUT2D eigenvalue weighted by atomic mass is 16.5. The summed E-state index contributed by atoms with van der Waals surface area (Å²) in [7, 11) is 3.48. The second-order valence-corrected chi connectivity index (χ2v) is 4.25. The fourth-order valence-electron chi connectivity index (χ4n) is 2.06. The number of nitrogens with one attached hydrogen (secondary N) is 1. The predicted octanol–water partition coefficient (Wildman–Crippen LogP) is 0.892. The molecular formula is C13H22N2O2. The molecule has 0 aromatic heterocycles. The molecule has 0 spiro atoms. The molecule has 2 atom stereocenters. The number of hydrogen-bond donors (Lipinski definition) is 3. The second kappa shape index (κ2) is 6.00. The van der Waals surface area contributed by atoms with E-state index in [0.717, 1.165) is 22.4 Å². The number of aliphatic hydroxyl groups excluding tert-OH is 1. The summed E-state index contributed by atoms with van der Waals surface area (Å²) in [6.45, 7) is 4.23. The first-order valence-corrected chi connectivity index (χ1v) is 5.75. The van der Waals surface area contributed by atoms with E-state index in [-0.39, 0.29) is 12.6 Å². The van der Waals surface area contributed by atoms with Crippen LogP contribution in [-0.4, -0.2) is 31.9 Å². The SMILES string of the molecule is CNC(c1cc(C)c(OC)cc1C)C(O)CN. The van der Waals surface area contributed by atoms with Gasteiger partial charge >= 0.3 is 0 Å². The summed E-state index contributed by atoms with van der Waals surface area (Å²) in [6.07, 6.45) is -0.591. The van der Waals surface area contributed by atoms with Crippen molar-refractivity contribution in [2.45, 2.75) is 26.0 Å². The van der Waals surface area contributed by atoms with Gasteiger partial charge in [0.1, 0.15) is 5.75 Å². The summed E-state index contributed by atoms with van der Waals surface area (Å²) in [4.78, 5) is 0. The van der Waals surface area contributed by atoms with Gasteiger partial charge in [0.05, 0.1) is 19.3 Å². The highest BCUT2D eigenvalue weighted by Gasteiger charge is 2.20. The Hall–Kier alpha value is -1.10. The summed E-state index contributed by atoms with van der Waals surface area (Å²) >= 11 is 0. The van der Waals surface area contributed by atoms with Gasteiger partial charge in [-0.2, -0.15) is 0 Å². The Kier molecular flexibility index (Phi) is 4.93. The first kappa shape index (κ1) is 14.0. The Morgan fingerprint density at radius 3 is 2.47 bits per heavy atom. The highest BCUT2D eigenvalue weighted by Crippen LogP contribution is 2.27. The van der Waals surface area contributed by atoms with Crippen molar-refractivity contribution >= 4 is 0 Å². The number of rotatable bonds is 5. The zero-order valence-corrected chi connectivity index (χ0v) is 10.9. The van der Waals surface area contributed by atoms with E-state index in [1.165, 1.54) is 0 Å². The van der Waals surface area contributed by atoms with Crippen LogP contribution in [0, 0.1) is 13.8 Å². The molecule has 4 heteroatoms. The summed E-state index contributed by atoms with van der Waals surface area (Å²) < 4.78 is 5.27. The van der Waals surface area contributed by atoms with Crippen LogP contribution in [0.2, 0.25) is 0 Å². The molecule has 1 rings (SSSR count). The molecule has 4 N–H and O–H groups in total. The number of nitrogens with two attached hydrogens (primary N) is 1. The smallest absolute Gasteiger partial charge is 0.122 e. The maximum Gasteiger partial charge on any atom is 0.122 e. The van der Waals surface area contributed by atoms with E-state index >= 15 is 0 Å². The first-order valence-electron chi connectivity index (χ1n) is 5.75. The molecule has 2 unspecified atom stereocenters. The van der Waals surface area contributed by atoms with E-state index in [1.807, 2.05) is 33.0 Å². The van der Waals surface area contributed by atoms with Gasteiger partial charge in [-0.05, 0) is 43.7 Å². The molecule has 1 aromatic rings. The van der Waals surface area contributed by atoms with Gasteiger partial charge in [-0.25, -0.2) is 0 Å². The van der Waals surface area contributed by atoms with Crippen molar-refractivity contribution in [2.75, 3.05) is 20.7 Å². The molecule has 0 amide bonds. The van der Waals surface area contributed by atoms with Crippen molar-refractivity contribution < 1.29 is 9.84 Å². The van der Waals surface area contributed by atoms with Crippen molar-refractivity contribution in [2.24, 2.45) is 5.73 Å². The lowest BCUT2D eigenvalue weighted by Crippen LogP contribution is -2.35. The zero-order valence-electron chi connectivity index (χ0n) is 10.9. The number of hydrogen-bond acceptors (Lipinski definition) is 4. The third-order valence-electron chi connectivity index (χ3n) is 3.06. The third kappa shape index (κ3) is 2.97. The Morgan fingerprint density at radius 1 is 1.35 bits per heavy atom. The fraction of sp³-hybridized carbons (Fsp3) is 0.538. The average Bonchev–Trinajstić information content (AvgIpc) is 2.33. The lowest BCUT2D eigenvalue weighted by Gasteiger charge is -2.24. The molecule has 0 fully saturated rings. The minimum Gasteiger partial charge on any atom is -0.496 e. The summed E-state index contributed by atoms with van der Waals surface area (Å²) in [5, 5.41) is 13.0. The Labute approximate surface area is 103 Å². The summed E-state index contributed by atoms with van der Waals surface area (Å²) in [5.41, 5.74) is 8.71. The topological polar surface area (TPSA) is 67.5 Å². The number of aryl methyl sites for hydroxylation is 2. The van der Waals surface area contributed by atoms with E-state index < -0.39 is 6.10 Å². The number of benzene rings is 1. The third-order valence-corrected chi connectivity index (χ3v) is 3.06. The standard InChI is InChI=1S/C13H22N2O2/c1-8-6-12(17-4)9(2)5-10(8)13(15-3)11(16)7-14/h5-6,11,13,15-16H,7,14H2,1-4H3. The van der Waals surface area contributed by atoms with Crippen LogP contribution >= 0.6 is 0 Å². The molecule has 0 aliphatic rings. The normalized spacial score (nSPS) is 14.5. The van der Waals surface area contributed by atoms with Crippen LogP contribution in [0.4, 0.5) is 0 Å². The molecule has 4 nitrogen and oxygen atoms in total. The van der Waals surface area contributed by atoms with Crippen molar-refractivity contribution in [1.82, 2.24) is 5.32 Å². The lowest BCUT2D eigenvalue weighted by atomic mass is 9.94. The van der Waals surface area contributed by atoms with Crippen LogP contribution in [0.3, 0.4) is 0 Å². The molecule has 0 saturated carbocycles. The average molecular weight is 238 g/mol. The molecule has 17 heavy (non-hydrogen) atoms. The minimum absolute atomic E-state index is 0.149. The molecule has 0 saturated heterocycles. The fourth-order valence-corrected chi connectivity index (χ4v) is 2.06. The van der Waals surface area contributed by atoms with Gasteiger partial charge in [-0.3, -0.25) is 0 Å². The van der Waals surface area contributed by atoms with E-state index in [1.54, 1.807) is 7.11 Å². The molecule has 0 aliphatic heterocycles. The Bertz CT molecular complexity index is 380. The van der Waals surface area contributed by atoms with Gasteiger partial charge in [0.15, 0.2) is 0 Å². The number of likely N-dealkylation sites (N-methyl/N-ethyl adjacent to an activating group) is 1. The van der Waals surface area contributed by atoms with Gasteiger partial charge in [-0.1, -0.05) is 6.07 Å². The van der Waals surface area contributed by atoms with Gasteiger partial charge < -0.3 is 20.9 Å². The largest absolute Gasteiger partial charge is 0.496 e. The monoisotopic (exact) mass is 238 g/mol. The van der Waals surface area contributed by atoms with Crippen LogP contribution in [-0.2, 0) is 0 Å². The summed E-state index contributed by atoms with van der Waals surface area (Å²) in [6, 6.07) is 3.87. The minimum atomic E-state index is -0.591. The number of ether oxygens (including phenoxy) is 1. The molecule has 96 valence electrons. The van der Waals surface area contributed by atoms with Crippen LogP contribution in [0.25, 0.3) is 0 Å².